The summed E-state index contributed by atoms with van der Waals surface area (Å²) in [6.07, 6.45) is 0.0363. The molecule has 0 N–H and O–H groups in total. The summed E-state index contributed by atoms with van der Waals surface area (Å²) in [6.45, 7) is 9.10. The van der Waals surface area contributed by atoms with Crippen molar-refractivity contribution in [2.45, 2.75) is 45.1 Å². The summed E-state index contributed by atoms with van der Waals surface area (Å²) in [4.78, 5) is 33.0. The zero-order chi connectivity index (χ0) is 22.1. The van der Waals surface area contributed by atoms with Gasteiger partial charge in [-0.25, -0.2) is 4.98 Å². The second kappa shape index (κ2) is 8.85. The van der Waals surface area contributed by atoms with Crippen molar-refractivity contribution in [3.63, 3.8) is 0 Å². The summed E-state index contributed by atoms with van der Waals surface area (Å²) in [5.41, 5.74) is 3.35. The molecule has 2 aromatic carbocycles. The smallest absolute Gasteiger partial charge is 0.266 e. The summed E-state index contributed by atoms with van der Waals surface area (Å²) in [6, 6.07) is 13.4. The first-order valence-corrected chi connectivity index (χ1v) is 11.5. The van der Waals surface area contributed by atoms with E-state index in [1.165, 1.54) is 11.8 Å². The molecule has 2 unspecified atom stereocenters. The van der Waals surface area contributed by atoms with Crippen LogP contribution in [0.15, 0.2) is 52.4 Å². The van der Waals surface area contributed by atoms with Gasteiger partial charge in [-0.2, -0.15) is 0 Å². The SMILES string of the molecule is Cc1ccc(C)c(-n2c(SCC(=O)N3CC(C)OC(C)C3)nc3ccccc3c2=O)c1. The number of morpholine rings is 1. The minimum atomic E-state index is -0.122. The van der Waals surface area contributed by atoms with E-state index in [1.807, 2.05) is 69.0 Å². The summed E-state index contributed by atoms with van der Waals surface area (Å²) in [5, 5.41) is 1.09. The van der Waals surface area contributed by atoms with Gasteiger partial charge in [0.2, 0.25) is 5.91 Å². The predicted octanol–water partition coefficient (Wildman–Crippen LogP) is 3.73. The lowest BCUT2D eigenvalue weighted by molar-refractivity contribution is -0.140. The molecule has 7 heteroatoms. The first-order chi connectivity index (χ1) is 14.8. The molecule has 0 aliphatic carbocycles. The molecule has 4 rings (SSSR count). The third kappa shape index (κ3) is 4.52. The Morgan fingerprint density at radius 2 is 1.84 bits per heavy atom. The lowest BCUT2D eigenvalue weighted by Gasteiger charge is -2.35. The van der Waals surface area contributed by atoms with Gasteiger partial charge < -0.3 is 9.64 Å². The number of thioether (sulfide) groups is 1. The molecule has 0 radical (unpaired) electrons. The molecule has 2 heterocycles. The zero-order valence-electron chi connectivity index (χ0n) is 18.3. The highest BCUT2D eigenvalue weighted by Gasteiger charge is 2.26. The number of hydrogen-bond acceptors (Lipinski definition) is 5. The minimum absolute atomic E-state index is 0.0182. The van der Waals surface area contributed by atoms with Gasteiger partial charge in [0, 0.05) is 13.1 Å². The number of ether oxygens (including phenoxy) is 1. The van der Waals surface area contributed by atoms with Gasteiger partial charge in [0.05, 0.1) is 34.6 Å². The molecule has 1 aliphatic rings. The average molecular weight is 438 g/mol. The summed E-state index contributed by atoms with van der Waals surface area (Å²) < 4.78 is 7.38. The first kappa shape index (κ1) is 21.6. The van der Waals surface area contributed by atoms with Crippen molar-refractivity contribution < 1.29 is 9.53 Å². The van der Waals surface area contributed by atoms with E-state index >= 15 is 0 Å². The number of carbonyl (C=O) groups is 1. The largest absolute Gasteiger partial charge is 0.372 e. The van der Waals surface area contributed by atoms with Crippen molar-refractivity contribution in [3.05, 3.63) is 63.9 Å². The van der Waals surface area contributed by atoms with Crippen LogP contribution >= 0.6 is 11.8 Å². The number of fused-ring (bicyclic) bond motifs is 1. The maximum absolute atomic E-state index is 13.4. The summed E-state index contributed by atoms with van der Waals surface area (Å²) in [7, 11) is 0. The molecule has 6 nitrogen and oxygen atoms in total. The number of carbonyl (C=O) groups excluding carboxylic acids is 1. The maximum atomic E-state index is 13.4. The quantitative estimate of drug-likeness (QED) is 0.460. The molecule has 1 amide bonds. The lowest BCUT2D eigenvalue weighted by Crippen LogP contribution is -2.48. The molecule has 0 saturated carbocycles. The second-order valence-electron chi connectivity index (χ2n) is 8.19. The fraction of sp³-hybridized carbons (Fsp3) is 0.375. The average Bonchev–Trinajstić information content (AvgIpc) is 2.73. The van der Waals surface area contributed by atoms with Crippen molar-refractivity contribution in [2.24, 2.45) is 0 Å². The molecule has 31 heavy (non-hydrogen) atoms. The highest BCUT2D eigenvalue weighted by molar-refractivity contribution is 7.99. The Balaban J connectivity index is 1.72. The van der Waals surface area contributed by atoms with Gasteiger partial charge in [0.25, 0.3) is 5.56 Å². The van der Waals surface area contributed by atoms with E-state index in [4.69, 9.17) is 9.72 Å². The van der Waals surface area contributed by atoms with Gasteiger partial charge >= 0.3 is 0 Å². The Hall–Kier alpha value is -2.64. The van der Waals surface area contributed by atoms with Crippen LogP contribution in [0.25, 0.3) is 16.6 Å². The third-order valence-corrected chi connectivity index (χ3v) is 6.37. The minimum Gasteiger partial charge on any atom is -0.372 e. The number of hydrogen-bond donors (Lipinski definition) is 0. The highest BCUT2D eigenvalue weighted by Crippen LogP contribution is 2.24. The van der Waals surface area contributed by atoms with Gasteiger partial charge in [-0.3, -0.25) is 14.2 Å². The van der Waals surface area contributed by atoms with Gasteiger partial charge in [0.1, 0.15) is 0 Å². The van der Waals surface area contributed by atoms with Gasteiger partial charge in [-0.15, -0.1) is 0 Å². The monoisotopic (exact) mass is 437 g/mol. The number of nitrogens with zero attached hydrogens (tertiary/aromatic N) is 3. The molecule has 2 atom stereocenters. The van der Waals surface area contributed by atoms with Crippen molar-refractivity contribution in [3.8, 4) is 5.69 Å². The Kier molecular flexibility index (Phi) is 6.16. The molecule has 0 spiro atoms. The van der Waals surface area contributed by atoms with Gasteiger partial charge in [-0.05, 0) is 57.0 Å². The standard InChI is InChI=1S/C24H27N3O3S/c1-15-9-10-16(2)21(11-15)27-23(29)19-7-5-6-8-20(19)25-24(27)31-14-22(28)26-12-17(3)30-18(4)13-26/h5-11,17-18H,12-14H2,1-4H3. The molecule has 1 saturated heterocycles. The first-order valence-electron chi connectivity index (χ1n) is 10.5. The Morgan fingerprint density at radius 3 is 2.58 bits per heavy atom. The number of para-hydroxylation sites is 1. The predicted molar refractivity (Wildman–Crippen MR) is 124 cm³/mol. The van der Waals surface area contributed by atoms with E-state index in [-0.39, 0.29) is 29.4 Å². The van der Waals surface area contributed by atoms with Crippen LogP contribution in [0.1, 0.15) is 25.0 Å². The molecular formula is C24H27N3O3S. The zero-order valence-corrected chi connectivity index (χ0v) is 19.1. The van der Waals surface area contributed by atoms with Crippen LogP contribution < -0.4 is 5.56 Å². The van der Waals surface area contributed by atoms with E-state index in [2.05, 4.69) is 0 Å². The normalized spacial score (nSPS) is 19.0. The van der Waals surface area contributed by atoms with Crippen molar-refractivity contribution >= 4 is 28.6 Å². The topological polar surface area (TPSA) is 64.4 Å². The van der Waals surface area contributed by atoms with Crippen LogP contribution in [0.2, 0.25) is 0 Å². The van der Waals surface area contributed by atoms with Crippen LogP contribution in [0.3, 0.4) is 0 Å². The summed E-state index contributed by atoms with van der Waals surface area (Å²) in [5.74, 6) is 0.247. The fourth-order valence-electron chi connectivity index (χ4n) is 3.98. The Labute approximate surface area is 186 Å². The van der Waals surface area contributed by atoms with E-state index in [0.717, 1.165) is 16.8 Å². The fourth-order valence-corrected chi connectivity index (χ4v) is 4.89. The number of rotatable bonds is 4. The van der Waals surface area contributed by atoms with Crippen LogP contribution in [0, 0.1) is 13.8 Å². The third-order valence-electron chi connectivity index (χ3n) is 5.45. The molecule has 1 aliphatic heterocycles. The van der Waals surface area contributed by atoms with Crippen molar-refractivity contribution in [1.82, 2.24) is 14.5 Å². The van der Waals surface area contributed by atoms with Crippen molar-refractivity contribution in [2.75, 3.05) is 18.8 Å². The van der Waals surface area contributed by atoms with Gasteiger partial charge in [0.15, 0.2) is 5.16 Å². The van der Waals surface area contributed by atoms with Crippen LogP contribution in [0.4, 0.5) is 0 Å². The van der Waals surface area contributed by atoms with E-state index < -0.39 is 0 Å². The van der Waals surface area contributed by atoms with E-state index in [1.54, 1.807) is 10.6 Å². The van der Waals surface area contributed by atoms with Gasteiger partial charge in [-0.1, -0.05) is 36.0 Å². The summed E-state index contributed by atoms with van der Waals surface area (Å²) >= 11 is 1.31. The molecule has 0 bridgehead atoms. The second-order valence-corrected chi connectivity index (χ2v) is 9.13. The van der Waals surface area contributed by atoms with E-state index in [0.29, 0.717) is 29.1 Å². The lowest BCUT2D eigenvalue weighted by atomic mass is 10.1. The number of aryl methyl sites for hydroxylation is 2. The highest BCUT2D eigenvalue weighted by atomic mass is 32.2. The molecular weight excluding hydrogens is 410 g/mol. The van der Waals surface area contributed by atoms with Crippen LogP contribution in [-0.2, 0) is 9.53 Å². The number of benzene rings is 2. The molecule has 3 aromatic rings. The van der Waals surface area contributed by atoms with Crippen LogP contribution in [0.5, 0.6) is 0 Å². The Morgan fingerprint density at radius 1 is 1.13 bits per heavy atom. The molecule has 1 fully saturated rings. The van der Waals surface area contributed by atoms with Crippen LogP contribution in [-0.4, -0.2) is 51.4 Å². The van der Waals surface area contributed by atoms with E-state index in [9.17, 15) is 9.59 Å². The number of aromatic nitrogens is 2. The maximum Gasteiger partial charge on any atom is 0.266 e. The number of amides is 1. The molecule has 162 valence electrons. The molecule has 1 aromatic heterocycles. The van der Waals surface area contributed by atoms with Crippen molar-refractivity contribution in [1.29, 1.82) is 0 Å². The Bertz CT molecular complexity index is 1180.